The first-order valence-corrected chi connectivity index (χ1v) is 4.45. The van der Waals surface area contributed by atoms with Crippen molar-refractivity contribution < 1.29 is 18.6 Å². The molecule has 1 saturated carbocycles. The number of hydrogen-bond donors (Lipinski definition) is 1. The van der Waals surface area contributed by atoms with Crippen molar-refractivity contribution >= 4 is 0 Å². The second-order valence-corrected chi connectivity index (χ2v) is 3.44. The molecule has 1 aromatic carbocycles. The highest BCUT2D eigenvalue weighted by atomic mass is 19.1. The van der Waals surface area contributed by atoms with E-state index in [9.17, 15) is 8.78 Å². The van der Waals surface area contributed by atoms with Crippen LogP contribution in [-0.2, 0) is 0 Å². The highest BCUT2D eigenvalue weighted by molar-refractivity contribution is 5.25. The third-order valence-electron chi connectivity index (χ3n) is 2.26. The zero-order valence-corrected chi connectivity index (χ0v) is 7.41. The van der Waals surface area contributed by atoms with Gasteiger partial charge in [0.1, 0.15) is 11.9 Å². The number of ether oxygens (including phenoxy) is 1. The van der Waals surface area contributed by atoms with Crippen molar-refractivity contribution in [3.63, 3.8) is 0 Å². The number of halogens is 2. The predicted octanol–water partition coefficient (Wildman–Crippen LogP) is 1.87. The molecule has 76 valence electrons. The van der Waals surface area contributed by atoms with Gasteiger partial charge in [-0.25, -0.2) is 8.78 Å². The molecular formula is C10H10F2O2. The fraction of sp³-hybridized carbons (Fsp3) is 0.400. The Morgan fingerprint density at radius 1 is 1.29 bits per heavy atom. The Morgan fingerprint density at radius 3 is 2.57 bits per heavy atom. The van der Waals surface area contributed by atoms with Gasteiger partial charge in [-0.1, -0.05) is 0 Å². The molecule has 4 heteroatoms. The van der Waals surface area contributed by atoms with E-state index in [1.807, 2.05) is 0 Å². The lowest BCUT2D eigenvalue weighted by atomic mass is 9.92. The molecule has 1 fully saturated rings. The molecule has 0 spiro atoms. The lowest BCUT2D eigenvalue weighted by Gasteiger charge is -2.31. The summed E-state index contributed by atoms with van der Waals surface area (Å²) in [5.74, 6) is -1.28. The van der Waals surface area contributed by atoms with Crippen LogP contribution in [0.15, 0.2) is 18.2 Å². The van der Waals surface area contributed by atoms with Crippen LogP contribution < -0.4 is 4.74 Å². The van der Waals surface area contributed by atoms with Crippen molar-refractivity contribution in [3.8, 4) is 5.75 Å². The van der Waals surface area contributed by atoms with Crippen LogP contribution in [0.1, 0.15) is 12.8 Å². The van der Waals surface area contributed by atoms with Gasteiger partial charge in [-0.05, 0) is 12.1 Å². The highest BCUT2D eigenvalue weighted by Crippen LogP contribution is 2.27. The second kappa shape index (κ2) is 3.53. The van der Waals surface area contributed by atoms with Gasteiger partial charge < -0.3 is 9.84 Å². The second-order valence-electron chi connectivity index (χ2n) is 3.44. The summed E-state index contributed by atoms with van der Waals surface area (Å²) < 4.78 is 30.8. The minimum absolute atomic E-state index is 0.0447. The van der Waals surface area contributed by atoms with Crippen LogP contribution in [0.3, 0.4) is 0 Å². The maximum atomic E-state index is 13.0. The summed E-state index contributed by atoms with van der Waals surface area (Å²) in [6.45, 7) is 0. The maximum absolute atomic E-state index is 13.0. The number of benzene rings is 1. The maximum Gasteiger partial charge on any atom is 0.167 e. The summed E-state index contributed by atoms with van der Waals surface area (Å²) in [7, 11) is 0. The molecule has 2 nitrogen and oxygen atoms in total. The number of rotatable bonds is 2. The van der Waals surface area contributed by atoms with E-state index in [2.05, 4.69) is 0 Å². The smallest absolute Gasteiger partial charge is 0.167 e. The molecule has 14 heavy (non-hydrogen) atoms. The molecule has 2 rings (SSSR count). The SMILES string of the molecule is OC1CC(Oc2ccc(F)cc2F)C1. The first kappa shape index (κ1) is 9.40. The van der Waals surface area contributed by atoms with E-state index in [1.54, 1.807) is 0 Å². The van der Waals surface area contributed by atoms with Crippen LogP contribution >= 0.6 is 0 Å². The summed E-state index contributed by atoms with van der Waals surface area (Å²) in [4.78, 5) is 0. The van der Waals surface area contributed by atoms with Gasteiger partial charge in [-0.2, -0.15) is 0 Å². The van der Waals surface area contributed by atoms with Crippen LogP contribution in [0.4, 0.5) is 8.78 Å². The van der Waals surface area contributed by atoms with Crippen molar-refractivity contribution in [3.05, 3.63) is 29.8 Å². The van der Waals surface area contributed by atoms with Crippen LogP contribution in [0.2, 0.25) is 0 Å². The minimum Gasteiger partial charge on any atom is -0.487 e. The molecule has 1 N–H and O–H groups in total. The van der Waals surface area contributed by atoms with E-state index >= 15 is 0 Å². The molecule has 1 aromatic rings. The Balaban J connectivity index is 2.02. The van der Waals surface area contributed by atoms with E-state index < -0.39 is 11.6 Å². The van der Waals surface area contributed by atoms with Gasteiger partial charge in [0, 0.05) is 18.9 Å². The first-order valence-electron chi connectivity index (χ1n) is 4.45. The van der Waals surface area contributed by atoms with Crippen molar-refractivity contribution in [1.82, 2.24) is 0 Å². The molecule has 1 aliphatic rings. The molecule has 0 radical (unpaired) electrons. The fourth-order valence-electron chi connectivity index (χ4n) is 1.38. The molecule has 0 aromatic heterocycles. The summed E-state index contributed by atoms with van der Waals surface area (Å²) in [5.41, 5.74) is 0. The van der Waals surface area contributed by atoms with Crippen molar-refractivity contribution in [2.75, 3.05) is 0 Å². The van der Waals surface area contributed by atoms with Gasteiger partial charge in [0.2, 0.25) is 0 Å². The quantitative estimate of drug-likeness (QED) is 0.789. The summed E-state index contributed by atoms with van der Waals surface area (Å²) >= 11 is 0. The Kier molecular flexibility index (Phi) is 2.37. The zero-order chi connectivity index (χ0) is 10.1. The average molecular weight is 200 g/mol. The zero-order valence-electron chi connectivity index (χ0n) is 7.41. The molecular weight excluding hydrogens is 190 g/mol. The first-order chi connectivity index (χ1) is 6.65. The van der Waals surface area contributed by atoms with E-state index in [-0.39, 0.29) is 18.0 Å². The number of aliphatic hydroxyl groups excluding tert-OH is 1. The fourth-order valence-corrected chi connectivity index (χ4v) is 1.38. The van der Waals surface area contributed by atoms with Crippen LogP contribution in [0.25, 0.3) is 0 Å². The molecule has 1 aliphatic carbocycles. The summed E-state index contributed by atoms with van der Waals surface area (Å²) in [6.07, 6.45) is 0.529. The number of hydrogen-bond acceptors (Lipinski definition) is 2. The standard InChI is InChI=1S/C10H10F2O2/c11-6-1-2-10(9(12)3-6)14-8-4-7(13)5-8/h1-3,7-8,13H,4-5H2. The molecule has 0 bridgehead atoms. The van der Waals surface area contributed by atoms with Gasteiger partial charge >= 0.3 is 0 Å². The predicted molar refractivity (Wildman–Crippen MR) is 46.0 cm³/mol. The normalized spacial score (nSPS) is 25.6. The van der Waals surface area contributed by atoms with Crippen molar-refractivity contribution in [2.24, 2.45) is 0 Å². The van der Waals surface area contributed by atoms with Crippen molar-refractivity contribution in [1.29, 1.82) is 0 Å². The lowest BCUT2D eigenvalue weighted by Crippen LogP contribution is -2.37. The third-order valence-corrected chi connectivity index (χ3v) is 2.26. The molecule has 0 amide bonds. The van der Waals surface area contributed by atoms with Gasteiger partial charge in [0.05, 0.1) is 6.10 Å². The lowest BCUT2D eigenvalue weighted by molar-refractivity contribution is -0.0124. The molecule has 0 heterocycles. The Labute approximate surface area is 80.1 Å². The summed E-state index contributed by atoms with van der Waals surface area (Å²) in [5, 5.41) is 8.98. The van der Waals surface area contributed by atoms with Crippen molar-refractivity contribution in [2.45, 2.75) is 25.0 Å². The van der Waals surface area contributed by atoms with E-state index in [4.69, 9.17) is 9.84 Å². The Bertz CT molecular complexity index is 335. The Hall–Kier alpha value is -1.16. The highest BCUT2D eigenvalue weighted by Gasteiger charge is 2.29. The largest absolute Gasteiger partial charge is 0.487 e. The molecule has 0 unspecified atom stereocenters. The molecule has 0 saturated heterocycles. The van der Waals surface area contributed by atoms with E-state index in [1.165, 1.54) is 6.07 Å². The average Bonchev–Trinajstić information content (AvgIpc) is 2.06. The van der Waals surface area contributed by atoms with E-state index in [0.29, 0.717) is 12.8 Å². The topological polar surface area (TPSA) is 29.5 Å². The van der Waals surface area contributed by atoms with E-state index in [0.717, 1.165) is 12.1 Å². The Morgan fingerprint density at radius 2 is 2.00 bits per heavy atom. The summed E-state index contributed by atoms with van der Waals surface area (Å²) in [6, 6.07) is 3.19. The monoisotopic (exact) mass is 200 g/mol. The van der Waals surface area contributed by atoms with Gasteiger partial charge in [-0.15, -0.1) is 0 Å². The number of aliphatic hydroxyl groups is 1. The van der Waals surface area contributed by atoms with Gasteiger partial charge in [0.15, 0.2) is 11.6 Å². The van der Waals surface area contributed by atoms with Gasteiger partial charge in [-0.3, -0.25) is 0 Å². The van der Waals surface area contributed by atoms with Crippen LogP contribution in [-0.4, -0.2) is 17.3 Å². The minimum atomic E-state index is -0.702. The molecule has 0 atom stereocenters. The van der Waals surface area contributed by atoms with Crippen LogP contribution in [0.5, 0.6) is 5.75 Å². The third kappa shape index (κ3) is 1.85. The van der Waals surface area contributed by atoms with Gasteiger partial charge in [0.25, 0.3) is 0 Å². The van der Waals surface area contributed by atoms with Crippen LogP contribution in [0, 0.1) is 11.6 Å². The molecule has 0 aliphatic heterocycles.